The molecule has 1 heterocycles. The predicted octanol–water partition coefficient (Wildman–Crippen LogP) is 2.69. The van der Waals surface area contributed by atoms with Crippen molar-refractivity contribution in [2.75, 3.05) is 0 Å². The summed E-state index contributed by atoms with van der Waals surface area (Å²) in [6.07, 6.45) is 0. The molecule has 92 valence electrons. The minimum Gasteiger partial charge on any atom is -0.327 e. The minimum absolute atomic E-state index is 0.213. The van der Waals surface area contributed by atoms with Crippen LogP contribution in [0.25, 0.3) is 11.0 Å². The van der Waals surface area contributed by atoms with Gasteiger partial charge in [0.25, 0.3) is 0 Å². The Morgan fingerprint density at radius 3 is 2.82 bits per heavy atom. The molecular formula is C13H18FN3. The molecule has 0 unspecified atom stereocenters. The molecule has 0 saturated carbocycles. The van der Waals surface area contributed by atoms with Gasteiger partial charge in [-0.1, -0.05) is 13.8 Å². The highest BCUT2D eigenvalue weighted by atomic mass is 19.1. The molecule has 0 bridgehead atoms. The standard InChI is InChI=1S/C13H18FN3/c1-4-17-12-7-10(14)5-6-11(12)16-13(17)8-15-9(2)3/h5-7,9,15H,4,8H2,1-3H3. The van der Waals surface area contributed by atoms with Gasteiger partial charge < -0.3 is 9.88 Å². The summed E-state index contributed by atoms with van der Waals surface area (Å²) in [4.78, 5) is 4.53. The summed E-state index contributed by atoms with van der Waals surface area (Å²) in [6, 6.07) is 5.15. The van der Waals surface area contributed by atoms with Gasteiger partial charge >= 0.3 is 0 Å². The molecule has 1 aromatic carbocycles. The van der Waals surface area contributed by atoms with Gasteiger partial charge in [0.05, 0.1) is 17.6 Å². The molecule has 0 saturated heterocycles. The molecule has 0 aliphatic carbocycles. The van der Waals surface area contributed by atoms with Crippen LogP contribution in [0.3, 0.4) is 0 Å². The van der Waals surface area contributed by atoms with Gasteiger partial charge in [-0.3, -0.25) is 0 Å². The summed E-state index contributed by atoms with van der Waals surface area (Å²) in [5, 5.41) is 3.33. The Morgan fingerprint density at radius 2 is 2.18 bits per heavy atom. The number of halogens is 1. The number of nitrogens with zero attached hydrogens (tertiary/aromatic N) is 2. The van der Waals surface area contributed by atoms with Crippen LogP contribution in [-0.2, 0) is 13.1 Å². The number of nitrogens with one attached hydrogen (secondary N) is 1. The van der Waals surface area contributed by atoms with Crippen LogP contribution in [0.5, 0.6) is 0 Å². The lowest BCUT2D eigenvalue weighted by Gasteiger charge is -2.09. The second kappa shape index (κ2) is 4.84. The van der Waals surface area contributed by atoms with Gasteiger partial charge in [-0.25, -0.2) is 9.37 Å². The van der Waals surface area contributed by atoms with Crippen molar-refractivity contribution in [1.29, 1.82) is 0 Å². The Labute approximate surface area is 101 Å². The number of aryl methyl sites for hydroxylation is 1. The third kappa shape index (κ3) is 2.47. The normalized spacial score (nSPS) is 11.6. The van der Waals surface area contributed by atoms with E-state index in [1.54, 1.807) is 12.1 Å². The van der Waals surface area contributed by atoms with Gasteiger partial charge in [-0.2, -0.15) is 0 Å². The van der Waals surface area contributed by atoms with Gasteiger partial charge in [0.15, 0.2) is 0 Å². The maximum Gasteiger partial charge on any atom is 0.125 e. The van der Waals surface area contributed by atoms with Crippen molar-refractivity contribution >= 4 is 11.0 Å². The topological polar surface area (TPSA) is 29.9 Å². The highest BCUT2D eigenvalue weighted by Gasteiger charge is 2.10. The lowest BCUT2D eigenvalue weighted by molar-refractivity contribution is 0.554. The van der Waals surface area contributed by atoms with Crippen molar-refractivity contribution in [1.82, 2.24) is 14.9 Å². The zero-order valence-corrected chi connectivity index (χ0v) is 10.5. The number of imidazole rings is 1. The van der Waals surface area contributed by atoms with E-state index in [1.165, 1.54) is 6.07 Å². The van der Waals surface area contributed by atoms with Crippen molar-refractivity contribution in [2.24, 2.45) is 0 Å². The number of fused-ring (bicyclic) bond motifs is 1. The van der Waals surface area contributed by atoms with E-state index in [2.05, 4.69) is 24.1 Å². The van der Waals surface area contributed by atoms with Crippen molar-refractivity contribution in [3.05, 3.63) is 29.8 Å². The first-order valence-electron chi connectivity index (χ1n) is 6.00. The molecule has 0 spiro atoms. The summed E-state index contributed by atoms with van der Waals surface area (Å²) >= 11 is 0. The molecule has 2 rings (SSSR count). The summed E-state index contributed by atoms with van der Waals surface area (Å²) in [5.41, 5.74) is 1.72. The lowest BCUT2D eigenvalue weighted by atomic mass is 10.3. The molecule has 3 nitrogen and oxygen atoms in total. The van der Waals surface area contributed by atoms with Crippen LogP contribution in [0.2, 0.25) is 0 Å². The zero-order chi connectivity index (χ0) is 12.4. The van der Waals surface area contributed by atoms with Crippen LogP contribution in [0.15, 0.2) is 18.2 Å². The van der Waals surface area contributed by atoms with Crippen LogP contribution < -0.4 is 5.32 Å². The molecule has 0 aliphatic heterocycles. The zero-order valence-electron chi connectivity index (χ0n) is 10.5. The van der Waals surface area contributed by atoms with E-state index < -0.39 is 0 Å². The fraction of sp³-hybridized carbons (Fsp3) is 0.462. The van der Waals surface area contributed by atoms with E-state index in [0.717, 1.165) is 23.4 Å². The Hall–Kier alpha value is -1.42. The van der Waals surface area contributed by atoms with Crippen molar-refractivity contribution < 1.29 is 4.39 Å². The largest absolute Gasteiger partial charge is 0.327 e. The van der Waals surface area contributed by atoms with Gasteiger partial charge in [0.2, 0.25) is 0 Å². The van der Waals surface area contributed by atoms with Crippen LogP contribution in [0.1, 0.15) is 26.6 Å². The van der Waals surface area contributed by atoms with Crippen LogP contribution in [0, 0.1) is 5.82 Å². The van der Waals surface area contributed by atoms with Gasteiger partial charge in [-0.15, -0.1) is 0 Å². The van der Waals surface area contributed by atoms with Crippen molar-refractivity contribution in [3.63, 3.8) is 0 Å². The molecule has 2 aromatic rings. The average Bonchev–Trinajstić information content (AvgIpc) is 2.63. The Kier molecular flexibility index (Phi) is 3.43. The highest BCUT2D eigenvalue weighted by molar-refractivity contribution is 5.76. The van der Waals surface area contributed by atoms with Gasteiger partial charge in [0.1, 0.15) is 11.6 Å². The van der Waals surface area contributed by atoms with Crippen LogP contribution in [0.4, 0.5) is 4.39 Å². The van der Waals surface area contributed by atoms with Gasteiger partial charge in [0, 0.05) is 12.6 Å². The van der Waals surface area contributed by atoms with Gasteiger partial charge in [-0.05, 0) is 25.1 Å². The molecule has 17 heavy (non-hydrogen) atoms. The molecule has 1 aromatic heterocycles. The molecule has 0 atom stereocenters. The highest BCUT2D eigenvalue weighted by Crippen LogP contribution is 2.17. The first-order valence-corrected chi connectivity index (χ1v) is 6.00. The monoisotopic (exact) mass is 235 g/mol. The molecule has 4 heteroatoms. The fourth-order valence-electron chi connectivity index (χ4n) is 1.93. The summed E-state index contributed by atoms with van der Waals surface area (Å²) in [5.74, 6) is 0.747. The van der Waals surface area contributed by atoms with E-state index >= 15 is 0 Å². The molecule has 0 fully saturated rings. The molecule has 0 amide bonds. The van der Waals surface area contributed by atoms with Crippen molar-refractivity contribution in [3.8, 4) is 0 Å². The SMILES string of the molecule is CCn1c(CNC(C)C)nc2ccc(F)cc21. The van der Waals surface area contributed by atoms with Crippen LogP contribution in [-0.4, -0.2) is 15.6 Å². The Bertz CT molecular complexity index is 517. The lowest BCUT2D eigenvalue weighted by Crippen LogP contribution is -2.23. The average molecular weight is 235 g/mol. The first-order chi connectivity index (χ1) is 8.11. The third-order valence-electron chi connectivity index (χ3n) is 2.77. The number of rotatable bonds is 4. The summed E-state index contributed by atoms with van der Waals surface area (Å²) in [7, 11) is 0. The third-order valence-corrected chi connectivity index (χ3v) is 2.77. The van der Waals surface area contributed by atoms with E-state index in [9.17, 15) is 4.39 Å². The minimum atomic E-state index is -0.213. The van der Waals surface area contributed by atoms with Crippen LogP contribution >= 0.6 is 0 Å². The number of benzene rings is 1. The molecule has 0 aliphatic rings. The quantitative estimate of drug-likeness (QED) is 0.883. The first kappa shape index (κ1) is 12.0. The van der Waals surface area contributed by atoms with Crippen molar-refractivity contribution in [2.45, 2.75) is 39.9 Å². The van der Waals surface area contributed by atoms with E-state index in [1.807, 2.05) is 11.5 Å². The number of hydrogen-bond acceptors (Lipinski definition) is 2. The smallest absolute Gasteiger partial charge is 0.125 e. The van der Waals surface area contributed by atoms with E-state index in [0.29, 0.717) is 12.6 Å². The Morgan fingerprint density at radius 1 is 1.41 bits per heavy atom. The number of hydrogen-bond donors (Lipinski definition) is 1. The molecule has 1 N–H and O–H groups in total. The van der Waals surface area contributed by atoms with E-state index in [4.69, 9.17) is 0 Å². The number of aromatic nitrogens is 2. The fourth-order valence-corrected chi connectivity index (χ4v) is 1.93. The summed E-state index contributed by atoms with van der Waals surface area (Å²) in [6.45, 7) is 7.75. The molecule has 0 radical (unpaired) electrons. The second-order valence-corrected chi connectivity index (χ2v) is 4.44. The summed E-state index contributed by atoms with van der Waals surface area (Å²) < 4.78 is 15.3. The Balaban J connectivity index is 2.41. The maximum absolute atomic E-state index is 13.2. The van der Waals surface area contributed by atoms with E-state index in [-0.39, 0.29) is 5.82 Å². The predicted molar refractivity (Wildman–Crippen MR) is 67.3 cm³/mol. The molecular weight excluding hydrogens is 217 g/mol. The second-order valence-electron chi connectivity index (χ2n) is 4.44. The maximum atomic E-state index is 13.2.